The standard InChI is InChI=1S/C16H15NO3/c18-14-6-4-11(5-7-14)8-13-10-16(20-17-13)12-2-1-3-15(19)9-12/h1-7,9-10,16-19H,8H2. The van der Waals surface area contributed by atoms with Crippen molar-refractivity contribution in [3.8, 4) is 11.5 Å². The number of allylic oxidation sites excluding steroid dienone is 1. The summed E-state index contributed by atoms with van der Waals surface area (Å²) in [5, 5.41) is 18.7. The van der Waals surface area contributed by atoms with Crippen molar-refractivity contribution in [2.45, 2.75) is 12.5 Å². The van der Waals surface area contributed by atoms with Crippen molar-refractivity contribution in [3.05, 3.63) is 71.4 Å². The summed E-state index contributed by atoms with van der Waals surface area (Å²) in [6.45, 7) is 0. The molecular weight excluding hydrogens is 254 g/mol. The summed E-state index contributed by atoms with van der Waals surface area (Å²) < 4.78 is 0. The van der Waals surface area contributed by atoms with Gasteiger partial charge >= 0.3 is 0 Å². The lowest BCUT2D eigenvalue weighted by atomic mass is 10.1. The molecule has 0 spiro atoms. The Labute approximate surface area is 116 Å². The van der Waals surface area contributed by atoms with E-state index in [1.807, 2.05) is 24.3 Å². The first-order chi connectivity index (χ1) is 9.70. The minimum absolute atomic E-state index is 0.200. The van der Waals surface area contributed by atoms with E-state index in [0.717, 1.165) is 16.8 Å². The van der Waals surface area contributed by atoms with Crippen molar-refractivity contribution < 1.29 is 15.1 Å². The number of phenolic OH excluding ortho intramolecular Hbond substituents is 2. The van der Waals surface area contributed by atoms with E-state index >= 15 is 0 Å². The lowest BCUT2D eigenvalue weighted by Crippen LogP contribution is -2.09. The van der Waals surface area contributed by atoms with Crippen LogP contribution in [0, 0.1) is 0 Å². The average Bonchev–Trinajstić information content (AvgIpc) is 2.90. The molecule has 4 nitrogen and oxygen atoms in total. The molecule has 0 radical (unpaired) electrons. The Kier molecular flexibility index (Phi) is 3.31. The topological polar surface area (TPSA) is 61.7 Å². The Balaban J connectivity index is 1.73. The molecule has 2 aromatic rings. The Bertz CT molecular complexity index is 634. The number of hydrogen-bond acceptors (Lipinski definition) is 4. The molecule has 1 unspecified atom stereocenters. The van der Waals surface area contributed by atoms with Crippen molar-refractivity contribution in [1.29, 1.82) is 0 Å². The molecule has 4 heteroatoms. The zero-order chi connectivity index (χ0) is 13.9. The summed E-state index contributed by atoms with van der Waals surface area (Å²) in [6, 6.07) is 14.1. The molecule has 0 aliphatic carbocycles. The third-order valence-corrected chi connectivity index (χ3v) is 3.20. The summed E-state index contributed by atoms with van der Waals surface area (Å²) in [5.41, 5.74) is 5.85. The van der Waals surface area contributed by atoms with Crippen LogP contribution < -0.4 is 5.48 Å². The quantitative estimate of drug-likeness (QED) is 0.802. The van der Waals surface area contributed by atoms with Crippen LogP contribution in [0.5, 0.6) is 11.5 Å². The van der Waals surface area contributed by atoms with Crippen LogP contribution in [0.1, 0.15) is 17.2 Å². The van der Waals surface area contributed by atoms with Crippen LogP contribution in [0.3, 0.4) is 0 Å². The van der Waals surface area contributed by atoms with E-state index in [1.54, 1.807) is 30.3 Å². The van der Waals surface area contributed by atoms with Crippen LogP contribution >= 0.6 is 0 Å². The summed E-state index contributed by atoms with van der Waals surface area (Å²) >= 11 is 0. The predicted molar refractivity (Wildman–Crippen MR) is 75.0 cm³/mol. The van der Waals surface area contributed by atoms with Gasteiger partial charge in [-0.05, 0) is 41.5 Å². The largest absolute Gasteiger partial charge is 0.508 e. The van der Waals surface area contributed by atoms with Crippen LogP contribution in [-0.2, 0) is 11.3 Å². The maximum atomic E-state index is 9.48. The molecule has 1 aliphatic heterocycles. The molecule has 102 valence electrons. The Hall–Kier alpha value is -2.46. The number of hydrogen-bond donors (Lipinski definition) is 3. The number of hydroxylamine groups is 1. The molecule has 3 N–H and O–H groups in total. The lowest BCUT2D eigenvalue weighted by Gasteiger charge is -2.07. The van der Waals surface area contributed by atoms with E-state index in [0.29, 0.717) is 6.42 Å². The van der Waals surface area contributed by atoms with Gasteiger partial charge in [0.05, 0.1) is 0 Å². The molecule has 1 heterocycles. The highest BCUT2D eigenvalue weighted by atomic mass is 16.7. The SMILES string of the molecule is Oc1ccc(CC2=CC(c3cccc(O)c3)ON2)cc1. The first-order valence-corrected chi connectivity index (χ1v) is 6.40. The molecule has 0 saturated heterocycles. The van der Waals surface area contributed by atoms with Crippen LogP contribution in [0.15, 0.2) is 60.3 Å². The summed E-state index contributed by atoms with van der Waals surface area (Å²) in [6.07, 6.45) is 2.49. The fourth-order valence-electron chi connectivity index (χ4n) is 2.18. The van der Waals surface area contributed by atoms with E-state index in [4.69, 9.17) is 4.84 Å². The molecule has 0 bridgehead atoms. The normalized spacial score (nSPS) is 17.6. The third-order valence-electron chi connectivity index (χ3n) is 3.20. The second kappa shape index (κ2) is 5.27. The minimum atomic E-state index is -0.200. The van der Waals surface area contributed by atoms with Gasteiger partial charge in [0.15, 0.2) is 0 Å². The van der Waals surface area contributed by atoms with Crippen molar-refractivity contribution in [1.82, 2.24) is 5.48 Å². The maximum absolute atomic E-state index is 9.48. The fraction of sp³-hybridized carbons (Fsp3) is 0.125. The first-order valence-electron chi connectivity index (χ1n) is 6.40. The van der Waals surface area contributed by atoms with Crippen molar-refractivity contribution in [3.63, 3.8) is 0 Å². The van der Waals surface area contributed by atoms with E-state index < -0.39 is 0 Å². The summed E-state index contributed by atoms with van der Waals surface area (Å²) in [5.74, 6) is 0.488. The molecular formula is C16H15NO3. The summed E-state index contributed by atoms with van der Waals surface area (Å²) in [4.78, 5) is 5.50. The predicted octanol–water partition coefficient (Wildman–Crippen LogP) is 2.80. The van der Waals surface area contributed by atoms with Crippen LogP contribution in [0.2, 0.25) is 0 Å². The number of benzene rings is 2. The Morgan fingerprint density at radius 1 is 1.00 bits per heavy atom. The van der Waals surface area contributed by atoms with Gasteiger partial charge in [-0.3, -0.25) is 10.3 Å². The maximum Gasteiger partial charge on any atom is 0.131 e. The van der Waals surface area contributed by atoms with Crippen molar-refractivity contribution >= 4 is 0 Å². The first kappa shape index (κ1) is 12.6. The van der Waals surface area contributed by atoms with Gasteiger partial charge in [0.2, 0.25) is 0 Å². The van der Waals surface area contributed by atoms with E-state index in [9.17, 15) is 10.2 Å². The lowest BCUT2D eigenvalue weighted by molar-refractivity contribution is 0.0411. The molecule has 3 rings (SSSR count). The van der Waals surface area contributed by atoms with Gasteiger partial charge in [-0.2, -0.15) is 0 Å². The molecule has 20 heavy (non-hydrogen) atoms. The van der Waals surface area contributed by atoms with Crippen molar-refractivity contribution in [2.24, 2.45) is 0 Å². The van der Waals surface area contributed by atoms with Gasteiger partial charge in [0, 0.05) is 12.1 Å². The molecule has 1 aliphatic rings. The molecule has 0 fully saturated rings. The van der Waals surface area contributed by atoms with E-state index in [2.05, 4.69) is 5.48 Å². The molecule has 0 saturated carbocycles. The number of aromatic hydroxyl groups is 2. The molecule has 0 amide bonds. The van der Waals surface area contributed by atoms with Crippen LogP contribution in [-0.4, -0.2) is 10.2 Å². The van der Waals surface area contributed by atoms with E-state index in [1.165, 1.54) is 0 Å². The number of nitrogens with one attached hydrogen (secondary N) is 1. The van der Waals surface area contributed by atoms with Crippen LogP contribution in [0.4, 0.5) is 0 Å². The highest BCUT2D eigenvalue weighted by Crippen LogP contribution is 2.27. The monoisotopic (exact) mass is 269 g/mol. The molecule has 0 aromatic heterocycles. The Morgan fingerprint density at radius 2 is 1.80 bits per heavy atom. The van der Waals surface area contributed by atoms with Gasteiger partial charge in [0.25, 0.3) is 0 Å². The van der Waals surface area contributed by atoms with Gasteiger partial charge in [-0.15, -0.1) is 0 Å². The molecule has 2 aromatic carbocycles. The van der Waals surface area contributed by atoms with Gasteiger partial charge in [-0.1, -0.05) is 24.3 Å². The van der Waals surface area contributed by atoms with Gasteiger partial charge in [0.1, 0.15) is 17.6 Å². The van der Waals surface area contributed by atoms with Gasteiger partial charge in [-0.25, -0.2) is 0 Å². The van der Waals surface area contributed by atoms with Crippen molar-refractivity contribution in [2.75, 3.05) is 0 Å². The average molecular weight is 269 g/mol. The zero-order valence-corrected chi connectivity index (χ0v) is 10.8. The Morgan fingerprint density at radius 3 is 2.55 bits per heavy atom. The molecule has 1 atom stereocenters. The number of rotatable bonds is 3. The second-order valence-electron chi connectivity index (χ2n) is 4.77. The van der Waals surface area contributed by atoms with Gasteiger partial charge < -0.3 is 10.2 Å². The van der Waals surface area contributed by atoms with E-state index in [-0.39, 0.29) is 17.6 Å². The highest BCUT2D eigenvalue weighted by molar-refractivity contribution is 5.34. The number of phenols is 2. The summed E-state index contributed by atoms with van der Waals surface area (Å²) in [7, 11) is 0. The smallest absolute Gasteiger partial charge is 0.131 e. The zero-order valence-electron chi connectivity index (χ0n) is 10.8. The minimum Gasteiger partial charge on any atom is -0.508 e. The fourth-order valence-corrected chi connectivity index (χ4v) is 2.18. The third kappa shape index (κ3) is 2.75. The van der Waals surface area contributed by atoms with Crippen LogP contribution in [0.25, 0.3) is 0 Å². The highest BCUT2D eigenvalue weighted by Gasteiger charge is 2.18. The second-order valence-corrected chi connectivity index (χ2v) is 4.77.